The van der Waals surface area contributed by atoms with E-state index in [1.807, 2.05) is 31.2 Å². The summed E-state index contributed by atoms with van der Waals surface area (Å²) in [6, 6.07) is 16.7. The lowest BCUT2D eigenvalue weighted by molar-refractivity contribution is 0.0319. The van der Waals surface area contributed by atoms with Crippen molar-refractivity contribution < 1.29 is 9.53 Å². The standard InChI is InChI=1S/C29H39O2/c1-3-4-5-7-10-23(2)31-29(30)28-21-19-27(20-22-28)26-17-15-25(16-18-26)14-13-24-11-8-6-9-12-24/h6,15-24H,3-5,7-14H2,1-2H3/t23-/m1/s1. The smallest absolute Gasteiger partial charge is 0.338 e. The topological polar surface area (TPSA) is 26.3 Å². The highest BCUT2D eigenvalue weighted by molar-refractivity contribution is 5.90. The van der Waals surface area contributed by atoms with Crippen molar-refractivity contribution in [2.75, 3.05) is 0 Å². The Hall–Kier alpha value is -2.09. The Morgan fingerprint density at radius 1 is 0.935 bits per heavy atom. The molecule has 0 N–H and O–H groups in total. The van der Waals surface area contributed by atoms with Gasteiger partial charge in [-0.2, -0.15) is 0 Å². The van der Waals surface area contributed by atoms with Gasteiger partial charge in [-0.05, 0) is 86.6 Å². The van der Waals surface area contributed by atoms with Gasteiger partial charge in [0.15, 0.2) is 0 Å². The molecule has 1 fully saturated rings. The molecule has 0 aliphatic heterocycles. The van der Waals surface area contributed by atoms with E-state index in [4.69, 9.17) is 4.74 Å². The number of hydrogen-bond acceptors (Lipinski definition) is 2. The maximum absolute atomic E-state index is 12.4. The minimum atomic E-state index is -0.217. The first-order valence-corrected chi connectivity index (χ1v) is 12.4. The average molecular weight is 420 g/mol. The van der Waals surface area contributed by atoms with Crippen LogP contribution in [-0.4, -0.2) is 12.1 Å². The third-order valence-corrected chi connectivity index (χ3v) is 6.58. The normalized spacial score (nSPS) is 15.5. The molecule has 1 saturated carbocycles. The van der Waals surface area contributed by atoms with E-state index in [0.717, 1.165) is 24.3 Å². The lowest BCUT2D eigenvalue weighted by atomic mass is 9.85. The number of ether oxygens (including phenoxy) is 1. The number of unbranched alkanes of at least 4 members (excludes halogenated alkanes) is 3. The predicted octanol–water partition coefficient (Wildman–Crippen LogP) is 8.20. The molecule has 2 nitrogen and oxygen atoms in total. The molecule has 1 atom stereocenters. The van der Waals surface area contributed by atoms with Gasteiger partial charge in [0.05, 0.1) is 11.7 Å². The zero-order chi connectivity index (χ0) is 21.9. The molecule has 0 spiro atoms. The molecule has 0 saturated heterocycles. The van der Waals surface area contributed by atoms with Crippen molar-refractivity contribution >= 4 is 5.97 Å². The van der Waals surface area contributed by atoms with Gasteiger partial charge in [-0.25, -0.2) is 4.79 Å². The summed E-state index contributed by atoms with van der Waals surface area (Å²) < 4.78 is 5.61. The van der Waals surface area contributed by atoms with Crippen LogP contribution < -0.4 is 0 Å². The second-order valence-electron chi connectivity index (χ2n) is 9.19. The van der Waals surface area contributed by atoms with Crippen molar-refractivity contribution in [1.29, 1.82) is 0 Å². The van der Waals surface area contributed by atoms with Crippen LogP contribution in [0.1, 0.15) is 94.0 Å². The molecule has 1 aliphatic rings. The van der Waals surface area contributed by atoms with Gasteiger partial charge in [0.2, 0.25) is 0 Å². The Kier molecular flexibility index (Phi) is 9.65. The minimum Gasteiger partial charge on any atom is -0.459 e. The molecular formula is C29H39O2. The summed E-state index contributed by atoms with van der Waals surface area (Å²) in [6.45, 7) is 4.20. The molecule has 1 aliphatic carbocycles. The van der Waals surface area contributed by atoms with E-state index >= 15 is 0 Å². The number of benzene rings is 2. The van der Waals surface area contributed by atoms with Gasteiger partial charge in [0, 0.05) is 0 Å². The van der Waals surface area contributed by atoms with Crippen LogP contribution in [0, 0.1) is 12.3 Å². The van der Waals surface area contributed by atoms with Crippen LogP contribution in [0.3, 0.4) is 0 Å². The fourth-order valence-corrected chi connectivity index (χ4v) is 4.49. The predicted molar refractivity (Wildman–Crippen MR) is 130 cm³/mol. The Morgan fingerprint density at radius 2 is 1.58 bits per heavy atom. The van der Waals surface area contributed by atoms with E-state index in [2.05, 4.69) is 37.6 Å². The van der Waals surface area contributed by atoms with E-state index in [0.29, 0.717) is 5.56 Å². The van der Waals surface area contributed by atoms with Crippen LogP contribution in [0.5, 0.6) is 0 Å². The van der Waals surface area contributed by atoms with Gasteiger partial charge in [0.1, 0.15) is 0 Å². The Bertz CT molecular complexity index is 769. The Labute approximate surface area is 189 Å². The quantitative estimate of drug-likeness (QED) is 0.271. The van der Waals surface area contributed by atoms with E-state index < -0.39 is 0 Å². The highest BCUT2D eigenvalue weighted by Gasteiger charge is 2.14. The van der Waals surface area contributed by atoms with Gasteiger partial charge in [0.25, 0.3) is 0 Å². The highest BCUT2D eigenvalue weighted by Crippen LogP contribution is 2.27. The Morgan fingerprint density at radius 3 is 2.23 bits per heavy atom. The minimum absolute atomic E-state index is 0.0247. The number of rotatable bonds is 11. The fourth-order valence-electron chi connectivity index (χ4n) is 4.49. The molecule has 2 aromatic carbocycles. The van der Waals surface area contributed by atoms with Crippen molar-refractivity contribution in [3.8, 4) is 11.1 Å². The maximum atomic E-state index is 12.4. The lowest BCUT2D eigenvalue weighted by Gasteiger charge is -2.21. The molecule has 0 aromatic heterocycles. The molecule has 31 heavy (non-hydrogen) atoms. The Balaban J connectivity index is 1.48. The van der Waals surface area contributed by atoms with Crippen molar-refractivity contribution in [1.82, 2.24) is 0 Å². The number of carbonyl (C=O) groups is 1. The summed E-state index contributed by atoms with van der Waals surface area (Å²) in [7, 11) is 0. The zero-order valence-electron chi connectivity index (χ0n) is 19.4. The first-order valence-electron chi connectivity index (χ1n) is 12.4. The summed E-state index contributed by atoms with van der Waals surface area (Å²) in [4.78, 5) is 12.4. The van der Waals surface area contributed by atoms with Crippen LogP contribution in [0.4, 0.5) is 0 Å². The number of carbonyl (C=O) groups excluding carboxylic acids is 1. The van der Waals surface area contributed by atoms with Gasteiger partial charge >= 0.3 is 5.97 Å². The van der Waals surface area contributed by atoms with E-state index in [1.165, 1.54) is 68.9 Å². The third kappa shape index (κ3) is 7.83. The van der Waals surface area contributed by atoms with E-state index in [9.17, 15) is 4.79 Å². The number of esters is 1. The van der Waals surface area contributed by atoms with Crippen molar-refractivity contribution in [2.45, 2.75) is 90.6 Å². The van der Waals surface area contributed by atoms with Crippen LogP contribution in [0.25, 0.3) is 11.1 Å². The van der Waals surface area contributed by atoms with Crippen LogP contribution in [0.2, 0.25) is 0 Å². The average Bonchev–Trinajstić information content (AvgIpc) is 2.81. The molecule has 0 heterocycles. The van der Waals surface area contributed by atoms with Gasteiger partial charge in [-0.1, -0.05) is 75.4 Å². The van der Waals surface area contributed by atoms with Crippen LogP contribution >= 0.6 is 0 Å². The van der Waals surface area contributed by atoms with Crippen molar-refractivity contribution in [2.24, 2.45) is 5.92 Å². The fraction of sp³-hybridized carbons (Fsp3) is 0.517. The second-order valence-corrected chi connectivity index (χ2v) is 9.19. The summed E-state index contributed by atoms with van der Waals surface area (Å²) in [6.07, 6.45) is 16.0. The van der Waals surface area contributed by atoms with Crippen LogP contribution in [-0.2, 0) is 11.2 Å². The van der Waals surface area contributed by atoms with Crippen molar-refractivity contribution in [3.63, 3.8) is 0 Å². The monoisotopic (exact) mass is 419 g/mol. The van der Waals surface area contributed by atoms with Gasteiger partial charge < -0.3 is 4.74 Å². The SMILES string of the molecule is CCCCCC[C@@H](C)OC(=O)c1ccc(-c2ccc(CCC3CC[CH]CC3)cc2)cc1. The lowest BCUT2D eigenvalue weighted by Crippen LogP contribution is -2.15. The molecule has 167 valence electrons. The summed E-state index contributed by atoms with van der Waals surface area (Å²) in [5, 5.41) is 0. The molecule has 3 rings (SSSR count). The van der Waals surface area contributed by atoms with E-state index in [-0.39, 0.29) is 12.1 Å². The summed E-state index contributed by atoms with van der Waals surface area (Å²) >= 11 is 0. The zero-order valence-corrected chi connectivity index (χ0v) is 19.4. The third-order valence-electron chi connectivity index (χ3n) is 6.58. The second kappa shape index (κ2) is 12.7. The van der Waals surface area contributed by atoms with Gasteiger partial charge in [-0.15, -0.1) is 0 Å². The van der Waals surface area contributed by atoms with Crippen molar-refractivity contribution in [3.05, 3.63) is 66.1 Å². The molecule has 0 unspecified atom stereocenters. The molecule has 0 amide bonds. The maximum Gasteiger partial charge on any atom is 0.338 e. The molecule has 0 bridgehead atoms. The first kappa shape index (κ1) is 23.6. The molecule has 1 radical (unpaired) electrons. The number of hydrogen-bond donors (Lipinski definition) is 0. The first-order chi connectivity index (χ1) is 15.2. The number of aryl methyl sites for hydroxylation is 1. The van der Waals surface area contributed by atoms with E-state index in [1.54, 1.807) is 0 Å². The van der Waals surface area contributed by atoms with Crippen LogP contribution in [0.15, 0.2) is 48.5 Å². The highest BCUT2D eigenvalue weighted by atomic mass is 16.5. The summed E-state index contributed by atoms with van der Waals surface area (Å²) in [5.74, 6) is 0.682. The summed E-state index contributed by atoms with van der Waals surface area (Å²) in [5.41, 5.74) is 4.38. The van der Waals surface area contributed by atoms with Gasteiger partial charge in [-0.3, -0.25) is 0 Å². The molecule has 2 heteroatoms. The molecule has 2 aromatic rings. The largest absolute Gasteiger partial charge is 0.459 e. The molecular weight excluding hydrogens is 380 g/mol.